The monoisotopic (exact) mass is 1140 g/mol. The molecule has 82 heavy (non-hydrogen) atoms. The number of aliphatic hydroxyl groups is 1. The maximum Gasteiger partial charge on any atom is 0.409 e. The Kier molecular flexibility index (Phi) is 20.9. The average Bonchev–Trinajstić information content (AvgIpc) is 1.55. The molecule has 7 amide bonds. The highest BCUT2D eigenvalue weighted by Crippen LogP contribution is 2.69. The molecule has 0 radical (unpaired) electrons. The maximum absolute atomic E-state index is 14.7. The first kappa shape index (κ1) is 63.0. The lowest BCUT2D eigenvalue weighted by Gasteiger charge is -2.59. The molecule has 11 atom stereocenters. The molecular formula is C61H84N6O15. The number of nitrogens with zero attached hydrogens (tertiary/aromatic N) is 3. The van der Waals surface area contributed by atoms with Crippen LogP contribution in [0.4, 0.5) is 14.4 Å². The van der Waals surface area contributed by atoms with E-state index in [-0.39, 0.29) is 118 Å². The zero-order chi connectivity index (χ0) is 59.7. The van der Waals surface area contributed by atoms with E-state index < -0.39 is 83.4 Å². The molecular weight excluding hydrogens is 1060 g/mol. The van der Waals surface area contributed by atoms with Crippen LogP contribution >= 0.6 is 0 Å². The van der Waals surface area contributed by atoms with Crippen molar-refractivity contribution in [1.82, 2.24) is 25.3 Å². The van der Waals surface area contributed by atoms with Crippen molar-refractivity contribution in [2.75, 3.05) is 46.9 Å². The molecule has 5 N–H and O–H groups in total. The van der Waals surface area contributed by atoms with E-state index in [1.807, 2.05) is 33.8 Å². The fourth-order valence-corrected chi connectivity index (χ4v) is 13.7. The Morgan fingerprint density at radius 3 is 2.23 bits per heavy atom. The Hall–Kier alpha value is -6.58. The fourth-order valence-electron chi connectivity index (χ4n) is 13.7. The maximum atomic E-state index is 14.7. The van der Waals surface area contributed by atoms with Crippen molar-refractivity contribution in [3.63, 3.8) is 0 Å². The molecule has 1 aromatic rings. The molecule has 1 unspecified atom stereocenters. The summed E-state index contributed by atoms with van der Waals surface area (Å²) in [5, 5.41) is 17.4. The number of nitrogens with one attached hydrogen (secondary N) is 2. The van der Waals surface area contributed by atoms with Gasteiger partial charge in [0, 0.05) is 94.4 Å². The number of rotatable bonds is 28. The number of nitrogens with two attached hydrogens (primary N) is 1. The Morgan fingerprint density at radius 1 is 0.902 bits per heavy atom. The Morgan fingerprint density at radius 2 is 1.57 bits per heavy atom. The number of aliphatic hydroxyl groups excluding tert-OH is 1. The SMILES string of the molecule is CCCC1O[C@@H]2C[C@H]3[C@@H]4CCC5=CC(=O)C=C[C@]5(C)[C@H]4[C@@H](O)C[C@]3(C)[C@]2(C(=O)COC(=O)N(C)CCN(C)C(=O)OCc2ccc(CC(=O)[C@H](CCCNC(N)=O)NC(=O)[C@@H](CC(=O)CCCCCN3C(=O)C=CC3=O)C(C)C)cc2)O1. The van der Waals surface area contributed by atoms with Gasteiger partial charge in [0.25, 0.3) is 11.8 Å². The Labute approximate surface area is 480 Å². The second-order valence-electron chi connectivity index (χ2n) is 24.0. The molecule has 7 rings (SSSR count). The topological polar surface area (TPSA) is 288 Å². The second-order valence-corrected chi connectivity index (χ2v) is 24.0. The first-order valence-electron chi connectivity index (χ1n) is 29.2. The van der Waals surface area contributed by atoms with Gasteiger partial charge in [-0.05, 0) is 98.8 Å². The summed E-state index contributed by atoms with van der Waals surface area (Å²) in [5.41, 5.74) is 4.74. The Balaban J connectivity index is 0.863. The molecule has 4 fully saturated rings. The molecule has 448 valence electrons. The van der Waals surface area contributed by atoms with Crippen LogP contribution in [0.15, 0.2) is 60.2 Å². The van der Waals surface area contributed by atoms with Crippen LogP contribution in [0.1, 0.15) is 129 Å². The summed E-state index contributed by atoms with van der Waals surface area (Å²) in [7, 11) is 3.02. The number of ketones is 4. The molecule has 6 aliphatic rings. The number of primary amides is 1. The summed E-state index contributed by atoms with van der Waals surface area (Å²) in [6.45, 7) is 9.66. The molecule has 0 bridgehead atoms. The summed E-state index contributed by atoms with van der Waals surface area (Å²) >= 11 is 0. The lowest BCUT2D eigenvalue weighted by Crippen LogP contribution is -2.63. The van der Waals surface area contributed by atoms with Crippen LogP contribution in [0.25, 0.3) is 0 Å². The van der Waals surface area contributed by atoms with Gasteiger partial charge in [-0.3, -0.25) is 38.5 Å². The Bertz CT molecular complexity index is 2670. The molecule has 21 nitrogen and oxygen atoms in total. The standard InChI is InChI=1S/C61H84N6O15/c1-8-13-53-81-50-33-45-43-21-20-40-31-42(69)24-25-59(40,4)54(43)48(71)34-60(45,5)61(50,82-53)49(72)36-80-58(78)66(7)29-28-65(6)57(77)79-35-39-18-16-38(17-19-39)30-47(70)46(15-12-26-63-56(62)76)64-55(75)44(37(2)3)32-41(68)14-10-9-11-27-67-51(73)22-23-52(67)74/h16-19,22-25,31,37,43-46,48,50,53-54,71H,8-15,20-21,26-30,32-36H2,1-7H3,(H,64,75)(H3,62,63,76)/t43-,44-,45-,46-,48-,50+,53?,54+,59-,60-,61+/m0/s1. The molecule has 21 heteroatoms. The van der Waals surface area contributed by atoms with Crippen molar-refractivity contribution in [3.8, 4) is 0 Å². The second kappa shape index (κ2) is 27.2. The number of unbranched alkanes of at least 4 members (excludes halogenated alkanes) is 2. The minimum absolute atomic E-state index is 0.0222. The number of fused-ring (bicyclic) bond motifs is 7. The highest BCUT2D eigenvalue weighted by molar-refractivity contribution is 6.12. The minimum atomic E-state index is -1.46. The zero-order valence-electron chi connectivity index (χ0n) is 48.6. The van der Waals surface area contributed by atoms with Crippen molar-refractivity contribution in [3.05, 3.63) is 71.3 Å². The van der Waals surface area contributed by atoms with Crippen LogP contribution in [0.2, 0.25) is 0 Å². The summed E-state index contributed by atoms with van der Waals surface area (Å²) < 4.78 is 24.4. The fraction of sp³-hybridized carbons (Fsp3) is 0.639. The van der Waals surface area contributed by atoms with Gasteiger partial charge < -0.3 is 50.2 Å². The number of carbonyl (C=O) groups is 10. The molecule has 1 saturated heterocycles. The zero-order valence-corrected chi connectivity index (χ0v) is 48.6. The number of urea groups is 1. The highest BCUT2D eigenvalue weighted by Gasteiger charge is 2.76. The van der Waals surface area contributed by atoms with E-state index in [0.717, 1.165) is 23.3 Å². The smallest absolute Gasteiger partial charge is 0.409 e. The molecule has 3 saturated carbocycles. The summed E-state index contributed by atoms with van der Waals surface area (Å²) in [6.07, 6.45) is 10.2. The van der Waals surface area contributed by atoms with Crippen LogP contribution in [0.5, 0.6) is 0 Å². The number of carbonyl (C=O) groups excluding carboxylic acids is 10. The quantitative estimate of drug-likeness (QED) is 0.0568. The largest absolute Gasteiger partial charge is 0.445 e. The number of Topliss-reactive ketones (excluding diaryl/α,β-unsaturated/α-hetero) is 3. The van der Waals surface area contributed by atoms with Gasteiger partial charge in [-0.1, -0.05) is 83.4 Å². The molecule has 1 aromatic carbocycles. The van der Waals surface area contributed by atoms with Crippen molar-refractivity contribution in [1.29, 1.82) is 0 Å². The first-order chi connectivity index (χ1) is 38.9. The lowest BCUT2D eigenvalue weighted by atomic mass is 9.46. The third-order valence-corrected chi connectivity index (χ3v) is 18.2. The van der Waals surface area contributed by atoms with Gasteiger partial charge in [-0.15, -0.1) is 0 Å². The predicted molar refractivity (Wildman–Crippen MR) is 299 cm³/mol. The van der Waals surface area contributed by atoms with E-state index >= 15 is 0 Å². The van der Waals surface area contributed by atoms with Gasteiger partial charge >= 0.3 is 18.2 Å². The third-order valence-electron chi connectivity index (χ3n) is 18.2. The molecule has 0 aromatic heterocycles. The summed E-state index contributed by atoms with van der Waals surface area (Å²) in [5.74, 6) is -3.10. The number of hydrogen-bond donors (Lipinski definition) is 4. The number of benzene rings is 1. The van der Waals surface area contributed by atoms with E-state index in [1.54, 1.807) is 36.4 Å². The van der Waals surface area contributed by atoms with Crippen molar-refractivity contribution < 1.29 is 72.0 Å². The molecule has 4 aliphatic carbocycles. The van der Waals surface area contributed by atoms with Gasteiger partial charge in [0.1, 0.15) is 12.4 Å². The van der Waals surface area contributed by atoms with Gasteiger partial charge in [0.15, 0.2) is 30.1 Å². The number of allylic oxidation sites excluding steroid dienone is 4. The first-order valence-corrected chi connectivity index (χ1v) is 29.2. The third kappa shape index (κ3) is 14.1. The number of amides is 7. The van der Waals surface area contributed by atoms with Gasteiger partial charge in [0.2, 0.25) is 11.7 Å². The van der Waals surface area contributed by atoms with Crippen LogP contribution in [-0.2, 0) is 65.5 Å². The highest BCUT2D eigenvalue weighted by atomic mass is 16.7. The number of imide groups is 1. The van der Waals surface area contributed by atoms with E-state index in [2.05, 4.69) is 17.6 Å². The summed E-state index contributed by atoms with van der Waals surface area (Å²) in [6, 6.07) is 5.20. The van der Waals surface area contributed by atoms with Crippen molar-refractivity contribution in [2.24, 2.45) is 46.2 Å². The van der Waals surface area contributed by atoms with Crippen LogP contribution in [0, 0.1) is 40.4 Å². The van der Waals surface area contributed by atoms with E-state index in [9.17, 15) is 53.1 Å². The predicted octanol–water partition coefficient (Wildman–Crippen LogP) is 5.82. The van der Waals surface area contributed by atoms with Crippen LogP contribution in [0.3, 0.4) is 0 Å². The van der Waals surface area contributed by atoms with Gasteiger partial charge in [-0.25, -0.2) is 14.4 Å². The van der Waals surface area contributed by atoms with Crippen LogP contribution < -0.4 is 16.4 Å². The number of hydrogen-bond acceptors (Lipinski definition) is 15. The molecule has 2 aliphatic heterocycles. The van der Waals surface area contributed by atoms with Crippen molar-refractivity contribution >= 4 is 59.1 Å². The normalized spacial score (nSPS) is 27.6. The minimum Gasteiger partial charge on any atom is -0.445 e. The number of ether oxygens (including phenoxy) is 4. The summed E-state index contributed by atoms with van der Waals surface area (Å²) in [4.78, 5) is 133. The van der Waals surface area contributed by atoms with Crippen LogP contribution in [-0.4, -0.2) is 156 Å². The van der Waals surface area contributed by atoms with E-state index in [0.29, 0.717) is 56.1 Å². The number of likely N-dealkylation sites (N-methyl/N-ethyl adjacent to an activating group) is 2. The average molecular weight is 1140 g/mol. The van der Waals surface area contributed by atoms with E-state index in [1.165, 1.54) is 36.0 Å². The van der Waals surface area contributed by atoms with Gasteiger partial charge in [0.05, 0.1) is 18.2 Å². The van der Waals surface area contributed by atoms with Crippen molar-refractivity contribution in [2.45, 2.75) is 161 Å². The molecule has 2 heterocycles. The van der Waals surface area contributed by atoms with E-state index in [4.69, 9.17) is 24.7 Å². The van der Waals surface area contributed by atoms with Gasteiger partial charge in [-0.2, -0.15) is 0 Å². The molecule has 0 spiro atoms. The lowest BCUT2D eigenvalue weighted by molar-refractivity contribution is -0.200.